The maximum atomic E-state index is 13.3. The maximum absolute atomic E-state index is 13.3. The van der Waals surface area contributed by atoms with E-state index < -0.39 is 35.9 Å². The molecular formula is C24H29FN2O6. The van der Waals surface area contributed by atoms with Gasteiger partial charge in [0.15, 0.2) is 17.2 Å². The number of halogens is 1. The van der Waals surface area contributed by atoms with Gasteiger partial charge in [-0.3, -0.25) is 4.79 Å². The van der Waals surface area contributed by atoms with E-state index in [1.165, 1.54) is 38.4 Å². The molecule has 33 heavy (non-hydrogen) atoms. The molecule has 1 aliphatic rings. The summed E-state index contributed by atoms with van der Waals surface area (Å²) in [6, 6.07) is 6.14. The number of esters is 1. The molecule has 0 aliphatic heterocycles. The lowest BCUT2D eigenvalue weighted by Gasteiger charge is -2.30. The molecular weight excluding hydrogens is 431 g/mol. The average molecular weight is 461 g/mol. The number of carbonyl (C=O) groups excluding carboxylic acids is 2. The van der Waals surface area contributed by atoms with Crippen LogP contribution >= 0.6 is 0 Å². The van der Waals surface area contributed by atoms with Crippen LogP contribution in [-0.2, 0) is 9.53 Å². The topological polar surface area (TPSA) is 107 Å². The first kappa shape index (κ1) is 24.3. The number of methoxy groups -OCH3 is 1. The molecule has 0 saturated heterocycles. The molecule has 1 heterocycles. The number of benzene rings is 1. The van der Waals surface area contributed by atoms with Gasteiger partial charge in [-0.05, 0) is 56.9 Å². The molecule has 3 atom stereocenters. The molecule has 1 aromatic carbocycles. The zero-order valence-electron chi connectivity index (χ0n) is 18.9. The Morgan fingerprint density at radius 3 is 2.45 bits per heavy atom. The Bertz CT molecular complexity index is 962. The van der Waals surface area contributed by atoms with Crippen LogP contribution in [0.2, 0.25) is 0 Å². The highest BCUT2D eigenvalue weighted by atomic mass is 19.1. The molecule has 178 valence electrons. The van der Waals surface area contributed by atoms with E-state index in [0.717, 1.165) is 25.7 Å². The van der Waals surface area contributed by atoms with Crippen molar-refractivity contribution in [1.29, 1.82) is 0 Å². The highest BCUT2D eigenvalue weighted by Gasteiger charge is 2.34. The monoisotopic (exact) mass is 460 g/mol. The summed E-state index contributed by atoms with van der Waals surface area (Å²) in [4.78, 5) is 29.0. The fourth-order valence-corrected chi connectivity index (χ4v) is 3.97. The van der Waals surface area contributed by atoms with Gasteiger partial charge in [0.05, 0.1) is 7.11 Å². The third-order valence-corrected chi connectivity index (χ3v) is 5.74. The molecule has 1 fully saturated rings. The largest absolute Gasteiger partial charge is 0.503 e. The minimum absolute atomic E-state index is 0.0938. The lowest BCUT2D eigenvalue weighted by atomic mass is 9.96. The summed E-state index contributed by atoms with van der Waals surface area (Å²) in [5.41, 5.74) is -0.259. The van der Waals surface area contributed by atoms with Gasteiger partial charge < -0.3 is 24.6 Å². The summed E-state index contributed by atoms with van der Waals surface area (Å²) >= 11 is 0. The van der Waals surface area contributed by atoms with Crippen molar-refractivity contribution in [1.82, 2.24) is 10.3 Å². The van der Waals surface area contributed by atoms with Crippen LogP contribution < -0.4 is 14.8 Å². The second kappa shape index (κ2) is 11.0. The number of pyridine rings is 1. The predicted octanol–water partition coefficient (Wildman–Crippen LogP) is 3.62. The van der Waals surface area contributed by atoms with Crippen LogP contribution in [0.15, 0.2) is 36.5 Å². The summed E-state index contributed by atoms with van der Waals surface area (Å²) in [5, 5.41) is 12.6. The Hall–Kier alpha value is -3.36. The van der Waals surface area contributed by atoms with Crippen LogP contribution in [0, 0.1) is 11.7 Å². The highest BCUT2D eigenvalue weighted by molar-refractivity contribution is 5.97. The quantitative estimate of drug-likeness (QED) is 0.551. The van der Waals surface area contributed by atoms with Gasteiger partial charge in [-0.15, -0.1) is 0 Å². The van der Waals surface area contributed by atoms with Gasteiger partial charge in [0, 0.05) is 12.3 Å². The molecule has 1 amide bonds. The van der Waals surface area contributed by atoms with E-state index >= 15 is 0 Å². The zero-order chi connectivity index (χ0) is 24.0. The van der Waals surface area contributed by atoms with Crippen LogP contribution in [0.25, 0.3) is 0 Å². The molecule has 0 radical (unpaired) electrons. The van der Waals surface area contributed by atoms with Crippen LogP contribution in [0.4, 0.5) is 4.39 Å². The molecule has 1 saturated carbocycles. The van der Waals surface area contributed by atoms with Crippen molar-refractivity contribution in [3.8, 4) is 17.2 Å². The smallest absolute Gasteiger partial charge is 0.328 e. The number of aromatic nitrogens is 1. The van der Waals surface area contributed by atoms with Crippen molar-refractivity contribution in [3.63, 3.8) is 0 Å². The van der Waals surface area contributed by atoms with E-state index in [9.17, 15) is 19.1 Å². The Labute approximate surface area is 192 Å². The van der Waals surface area contributed by atoms with Gasteiger partial charge in [-0.1, -0.05) is 12.8 Å². The normalized spacial score (nSPS) is 16.5. The number of ether oxygens (including phenoxy) is 3. The first-order valence-corrected chi connectivity index (χ1v) is 11.0. The molecule has 8 nitrogen and oxygen atoms in total. The third-order valence-electron chi connectivity index (χ3n) is 5.74. The zero-order valence-corrected chi connectivity index (χ0v) is 18.9. The van der Waals surface area contributed by atoms with E-state index in [-0.39, 0.29) is 23.2 Å². The number of rotatable bonds is 9. The van der Waals surface area contributed by atoms with E-state index in [4.69, 9.17) is 14.2 Å². The second-order valence-electron chi connectivity index (χ2n) is 8.13. The van der Waals surface area contributed by atoms with E-state index in [1.54, 1.807) is 19.1 Å². The first-order chi connectivity index (χ1) is 15.8. The average Bonchev–Trinajstić information content (AvgIpc) is 3.33. The number of amides is 1. The van der Waals surface area contributed by atoms with Gasteiger partial charge in [0.25, 0.3) is 5.91 Å². The van der Waals surface area contributed by atoms with E-state index in [2.05, 4.69) is 10.3 Å². The number of hydrogen-bond donors (Lipinski definition) is 2. The SMILES string of the molecule is COc1ccnc(C(=O)N[C@@H](C)C(=O)O[C@@H](C)[C@H](Oc2ccc(F)cc2)C2CCCC2)c1O. The molecule has 9 heteroatoms. The lowest BCUT2D eigenvalue weighted by Crippen LogP contribution is -2.45. The van der Waals surface area contributed by atoms with Crippen LogP contribution in [0.5, 0.6) is 17.2 Å². The summed E-state index contributed by atoms with van der Waals surface area (Å²) < 4.78 is 30.0. The minimum Gasteiger partial charge on any atom is -0.503 e. The molecule has 0 unspecified atom stereocenters. The van der Waals surface area contributed by atoms with E-state index in [0.29, 0.717) is 5.75 Å². The maximum Gasteiger partial charge on any atom is 0.328 e. The molecule has 3 rings (SSSR count). The summed E-state index contributed by atoms with van der Waals surface area (Å²) in [6.07, 6.45) is 4.33. The van der Waals surface area contributed by atoms with Crippen LogP contribution in [0.3, 0.4) is 0 Å². The minimum atomic E-state index is -0.998. The van der Waals surface area contributed by atoms with Crippen molar-refractivity contribution in [2.75, 3.05) is 7.11 Å². The summed E-state index contributed by atoms with van der Waals surface area (Å²) in [7, 11) is 1.35. The Kier molecular flexibility index (Phi) is 8.08. The Morgan fingerprint density at radius 2 is 1.82 bits per heavy atom. The van der Waals surface area contributed by atoms with Crippen molar-refractivity contribution in [2.45, 2.75) is 57.8 Å². The third kappa shape index (κ3) is 6.12. The number of nitrogens with zero attached hydrogens (tertiary/aromatic N) is 1. The molecule has 2 N–H and O–H groups in total. The van der Waals surface area contributed by atoms with Crippen molar-refractivity contribution < 1.29 is 33.3 Å². The molecule has 2 aromatic rings. The molecule has 0 spiro atoms. The second-order valence-corrected chi connectivity index (χ2v) is 8.13. The first-order valence-electron chi connectivity index (χ1n) is 11.0. The fourth-order valence-electron chi connectivity index (χ4n) is 3.97. The standard InChI is InChI=1S/C24H29FN2O6/c1-14(27-23(29)20-21(28)19(31-3)12-13-26-20)24(30)32-15(2)22(16-6-4-5-7-16)33-18-10-8-17(25)9-11-18/h8-16,22,28H,4-7H2,1-3H3,(H,27,29)/t14-,15-,22-/m0/s1. The summed E-state index contributed by atoms with van der Waals surface area (Å²) in [6.45, 7) is 3.23. The number of hydrogen-bond acceptors (Lipinski definition) is 7. The Morgan fingerprint density at radius 1 is 1.15 bits per heavy atom. The van der Waals surface area contributed by atoms with Gasteiger partial charge in [0.1, 0.15) is 29.8 Å². The molecule has 0 bridgehead atoms. The van der Waals surface area contributed by atoms with Gasteiger partial charge in [-0.2, -0.15) is 0 Å². The molecule has 1 aromatic heterocycles. The number of aromatic hydroxyl groups is 1. The number of nitrogens with one attached hydrogen (secondary N) is 1. The van der Waals surface area contributed by atoms with Crippen molar-refractivity contribution in [3.05, 3.63) is 48.0 Å². The van der Waals surface area contributed by atoms with E-state index in [1.807, 2.05) is 0 Å². The van der Waals surface area contributed by atoms with Gasteiger partial charge in [-0.25, -0.2) is 14.2 Å². The highest BCUT2D eigenvalue weighted by Crippen LogP contribution is 2.33. The van der Waals surface area contributed by atoms with Gasteiger partial charge in [0.2, 0.25) is 0 Å². The Balaban J connectivity index is 1.64. The predicted molar refractivity (Wildman–Crippen MR) is 118 cm³/mol. The number of carbonyl (C=O) groups is 2. The molecule has 1 aliphatic carbocycles. The lowest BCUT2D eigenvalue weighted by molar-refractivity contribution is -0.156. The van der Waals surface area contributed by atoms with Crippen molar-refractivity contribution in [2.24, 2.45) is 5.92 Å². The van der Waals surface area contributed by atoms with Crippen LogP contribution in [0.1, 0.15) is 50.0 Å². The van der Waals surface area contributed by atoms with Gasteiger partial charge >= 0.3 is 5.97 Å². The van der Waals surface area contributed by atoms with Crippen LogP contribution in [-0.4, -0.2) is 47.3 Å². The fraction of sp³-hybridized carbons (Fsp3) is 0.458. The summed E-state index contributed by atoms with van der Waals surface area (Å²) in [5.74, 6) is -1.38. The van der Waals surface area contributed by atoms with Crippen molar-refractivity contribution >= 4 is 11.9 Å².